The maximum Gasteiger partial charge on any atom is 0.252 e. The number of nitrogens with zero attached hydrogens (tertiary/aromatic N) is 3. The van der Waals surface area contributed by atoms with Crippen molar-refractivity contribution in [2.24, 2.45) is 11.0 Å². The molecule has 0 radical (unpaired) electrons. The molecular formula is C17H23N3O. The van der Waals surface area contributed by atoms with Crippen molar-refractivity contribution in [2.45, 2.75) is 57.9 Å². The van der Waals surface area contributed by atoms with Crippen LogP contribution in [0, 0.1) is 5.92 Å². The summed E-state index contributed by atoms with van der Waals surface area (Å²) in [7, 11) is 0. The van der Waals surface area contributed by atoms with Crippen LogP contribution in [0.15, 0.2) is 29.6 Å². The van der Waals surface area contributed by atoms with Crippen molar-refractivity contribution in [1.29, 1.82) is 0 Å². The summed E-state index contributed by atoms with van der Waals surface area (Å²) in [6, 6.07) is 4.22. The SMILES string of the molecule is CCCC1C(=O)N(C2CCCCC2)N=C1c1cccnc1. The number of carbonyl (C=O) groups excluding carboxylic acids is 1. The third-order valence-electron chi connectivity index (χ3n) is 4.52. The van der Waals surface area contributed by atoms with Gasteiger partial charge in [-0.25, -0.2) is 5.01 Å². The molecule has 1 fully saturated rings. The maximum absolute atomic E-state index is 12.8. The molecule has 1 unspecified atom stereocenters. The van der Waals surface area contributed by atoms with Crippen LogP contribution in [0.4, 0.5) is 0 Å². The molecule has 1 aromatic rings. The summed E-state index contributed by atoms with van der Waals surface area (Å²) >= 11 is 0. The van der Waals surface area contributed by atoms with Crippen LogP contribution in [0.25, 0.3) is 0 Å². The number of hydrogen-bond acceptors (Lipinski definition) is 3. The van der Waals surface area contributed by atoms with E-state index in [4.69, 9.17) is 5.10 Å². The molecule has 4 nitrogen and oxygen atoms in total. The molecule has 3 rings (SSSR count). The lowest BCUT2D eigenvalue weighted by atomic mass is 9.92. The highest BCUT2D eigenvalue weighted by atomic mass is 16.2. The van der Waals surface area contributed by atoms with Crippen molar-refractivity contribution in [3.63, 3.8) is 0 Å². The van der Waals surface area contributed by atoms with E-state index in [0.29, 0.717) is 6.04 Å². The minimum atomic E-state index is -0.0823. The van der Waals surface area contributed by atoms with Gasteiger partial charge in [0.05, 0.1) is 17.7 Å². The zero-order chi connectivity index (χ0) is 14.7. The average Bonchev–Trinajstić information content (AvgIpc) is 2.87. The van der Waals surface area contributed by atoms with Gasteiger partial charge < -0.3 is 0 Å². The van der Waals surface area contributed by atoms with Crippen molar-refractivity contribution in [3.05, 3.63) is 30.1 Å². The van der Waals surface area contributed by atoms with E-state index in [-0.39, 0.29) is 11.8 Å². The van der Waals surface area contributed by atoms with Crippen LogP contribution in [-0.2, 0) is 4.79 Å². The summed E-state index contributed by atoms with van der Waals surface area (Å²) in [6.07, 6.45) is 11.3. The maximum atomic E-state index is 12.8. The summed E-state index contributed by atoms with van der Waals surface area (Å²) in [6.45, 7) is 2.12. The Kier molecular flexibility index (Phi) is 4.32. The molecule has 1 aromatic heterocycles. The molecular weight excluding hydrogens is 262 g/mol. The first kappa shape index (κ1) is 14.2. The molecule has 112 valence electrons. The largest absolute Gasteiger partial charge is 0.272 e. The topological polar surface area (TPSA) is 45.6 Å². The van der Waals surface area contributed by atoms with E-state index in [1.165, 1.54) is 19.3 Å². The van der Waals surface area contributed by atoms with Crippen LogP contribution in [0.5, 0.6) is 0 Å². The van der Waals surface area contributed by atoms with Crippen molar-refractivity contribution in [2.75, 3.05) is 0 Å². The van der Waals surface area contributed by atoms with Gasteiger partial charge in [0.2, 0.25) is 0 Å². The third kappa shape index (κ3) is 2.85. The highest BCUT2D eigenvalue weighted by Crippen LogP contribution is 2.31. The van der Waals surface area contributed by atoms with Crippen LogP contribution in [-0.4, -0.2) is 27.7 Å². The Balaban J connectivity index is 1.88. The smallest absolute Gasteiger partial charge is 0.252 e. The second-order valence-electron chi connectivity index (χ2n) is 6.04. The fourth-order valence-electron chi connectivity index (χ4n) is 3.42. The summed E-state index contributed by atoms with van der Waals surface area (Å²) in [5, 5.41) is 6.52. The van der Waals surface area contributed by atoms with Crippen LogP contribution >= 0.6 is 0 Å². The second kappa shape index (κ2) is 6.37. The third-order valence-corrected chi connectivity index (χ3v) is 4.52. The Labute approximate surface area is 126 Å². The minimum Gasteiger partial charge on any atom is -0.272 e. The number of hydrazone groups is 1. The summed E-state index contributed by atoms with van der Waals surface area (Å²) < 4.78 is 0. The zero-order valence-corrected chi connectivity index (χ0v) is 12.7. The monoisotopic (exact) mass is 285 g/mol. The molecule has 0 saturated heterocycles. The van der Waals surface area contributed by atoms with E-state index in [0.717, 1.165) is 37.0 Å². The molecule has 1 amide bonds. The first-order chi connectivity index (χ1) is 10.3. The van der Waals surface area contributed by atoms with Gasteiger partial charge in [-0.2, -0.15) is 5.10 Å². The minimum absolute atomic E-state index is 0.0823. The van der Waals surface area contributed by atoms with E-state index in [2.05, 4.69) is 11.9 Å². The van der Waals surface area contributed by atoms with Gasteiger partial charge in [0, 0.05) is 18.0 Å². The van der Waals surface area contributed by atoms with Gasteiger partial charge in [-0.15, -0.1) is 0 Å². The van der Waals surface area contributed by atoms with Gasteiger partial charge in [0.25, 0.3) is 5.91 Å². The number of pyridine rings is 1. The molecule has 1 aliphatic carbocycles. The average molecular weight is 285 g/mol. The second-order valence-corrected chi connectivity index (χ2v) is 6.04. The molecule has 0 bridgehead atoms. The van der Waals surface area contributed by atoms with E-state index in [1.54, 1.807) is 11.2 Å². The predicted octanol–water partition coefficient (Wildman–Crippen LogP) is 3.38. The molecule has 1 atom stereocenters. The molecule has 0 N–H and O–H groups in total. The molecule has 1 saturated carbocycles. The lowest BCUT2D eigenvalue weighted by molar-refractivity contribution is -0.134. The predicted molar refractivity (Wildman–Crippen MR) is 82.9 cm³/mol. The fourth-order valence-corrected chi connectivity index (χ4v) is 3.42. The van der Waals surface area contributed by atoms with E-state index >= 15 is 0 Å². The molecule has 2 heterocycles. The highest BCUT2D eigenvalue weighted by Gasteiger charge is 2.39. The zero-order valence-electron chi connectivity index (χ0n) is 12.7. The Morgan fingerprint density at radius 3 is 2.76 bits per heavy atom. The summed E-state index contributed by atoms with van der Waals surface area (Å²) in [5.74, 6) is 0.115. The van der Waals surface area contributed by atoms with E-state index < -0.39 is 0 Å². The Morgan fingerprint density at radius 2 is 2.10 bits per heavy atom. The number of amides is 1. The van der Waals surface area contributed by atoms with Crippen LogP contribution in [0.1, 0.15) is 57.4 Å². The van der Waals surface area contributed by atoms with Crippen molar-refractivity contribution in [1.82, 2.24) is 9.99 Å². The molecule has 0 spiro atoms. The fraction of sp³-hybridized carbons (Fsp3) is 0.588. The lowest BCUT2D eigenvalue weighted by Crippen LogP contribution is -2.37. The van der Waals surface area contributed by atoms with Crippen molar-refractivity contribution < 1.29 is 4.79 Å². The first-order valence-corrected chi connectivity index (χ1v) is 8.13. The van der Waals surface area contributed by atoms with Crippen LogP contribution < -0.4 is 0 Å². The number of aromatic nitrogens is 1. The lowest BCUT2D eigenvalue weighted by Gasteiger charge is -2.28. The standard InChI is InChI=1S/C17H23N3O/c1-2-7-15-16(13-8-6-11-18-12-13)19-20(17(15)21)14-9-4-3-5-10-14/h6,8,11-12,14-15H,2-5,7,9-10H2,1H3. The summed E-state index contributed by atoms with van der Waals surface area (Å²) in [4.78, 5) is 16.9. The molecule has 2 aliphatic rings. The summed E-state index contributed by atoms with van der Waals surface area (Å²) in [5.41, 5.74) is 1.91. The highest BCUT2D eigenvalue weighted by molar-refractivity contribution is 6.16. The quantitative estimate of drug-likeness (QED) is 0.851. The molecule has 4 heteroatoms. The number of carbonyl (C=O) groups is 1. The van der Waals surface area contributed by atoms with Crippen molar-refractivity contribution >= 4 is 11.6 Å². The van der Waals surface area contributed by atoms with E-state index in [1.807, 2.05) is 18.3 Å². The molecule has 1 aliphatic heterocycles. The normalized spacial score (nSPS) is 23.5. The van der Waals surface area contributed by atoms with Crippen molar-refractivity contribution in [3.8, 4) is 0 Å². The van der Waals surface area contributed by atoms with Gasteiger partial charge in [-0.3, -0.25) is 9.78 Å². The van der Waals surface area contributed by atoms with Gasteiger partial charge in [0.15, 0.2) is 0 Å². The Bertz CT molecular complexity index is 520. The first-order valence-electron chi connectivity index (χ1n) is 8.13. The molecule has 21 heavy (non-hydrogen) atoms. The number of rotatable bonds is 4. The van der Waals surface area contributed by atoms with Gasteiger partial charge in [-0.05, 0) is 31.4 Å². The number of hydrogen-bond donors (Lipinski definition) is 0. The van der Waals surface area contributed by atoms with Crippen LogP contribution in [0.2, 0.25) is 0 Å². The Morgan fingerprint density at radius 1 is 1.29 bits per heavy atom. The van der Waals surface area contributed by atoms with Gasteiger partial charge in [0.1, 0.15) is 0 Å². The van der Waals surface area contributed by atoms with Gasteiger partial charge in [-0.1, -0.05) is 32.6 Å². The Hall–Kier alpha value is -1.71. The molecule has 0 aromatic carbocycles. The van der Waals surface area contributed by atoms with E-state index in [9.17, 15) is 4.79 Å². The van der Waals surface area contributed by atoms with Gasteiger partial charge >= 0.3 is 0 Å². The van der Waals surface area contributed by atoms with Crippen LogP contribution in [0.3, 0.4) is 0 Å².